The maximum absolute atomic E-state index is 11.7. The van der Waals surface area contributed by atoms with Crippen molar-refractivity contribution in [3.8, 4) is 11.1 Å². The highest BCUT2D eigenvalue weighted by atomic mass is 32.2. The lowest BCUT2D eigenvalue weighted by atomic mass is 9.97. The van der Waals surface area contributed by atoms with E-state index in [0.29, 0.717) is 10.6 Å². The Balaban J connectivity index is 2.29. The first-order chi connectivity index (χ1) is 9.97. The van der Waals surface area contributed by atoms with Gasteiger partial charge in [0.2, 0.25) is 0 Å². The van der Waals surface area contributed by atoms with Gasteiger partial charge in [0.05, 0.1) is 4.90 Å². The summed E-state index contributed by atoms with van der Waals surface area (Å²) in [4.78, 5) is 0.320. The van der Waals surface area contributed by atoms with Crippen LogP contribution in [0.15, 0.2) is 65.6 Å². The molecule has 21 heavy (non-hydrogen) atoms. The lowest BCUT2D eigenvalue weighted by Gasteiger charge is -2.10. The van der Waals surface area contributed by atoms with Crippen LogP contribution in [0.3, 0.4) is 0 Å². The highest BCUT2D eigenvalue weighted by Crippen LogP contribution is 2.32. The van der Waals surface area contributed by atoms with Gasteiger partial charge in [-0.3, -0.25) is 0 Å². The van der Waals surface area contributed by atoms with Crippen LogP contribution in [0, 0.1) is 0 Å². The Hall–Kier alpha value is -2.33. The quantitative estimate of drug-likeness (QED) is 0.736. The first-order valence-corrected chi connectivity index (χ1v) is 8.44. The highest BCUT2D eigenvalue weighted by Gasteiger charge is 2.10. The predicted molar refractivity (Wildman–Crippen MR) is 86.9 cm³/mol. The third-order valence-electron chi connectivity index (χ3n) is 3.53. The summed E-state index contributed by atoms with van der Waals surface area (Å²) >= 11 is 0. The summed E-state index contributed by atoms with van der Waals surface area (Å²) in [7, 11) is -3.22. The zero-order valence-electron chi connectivity index (χ0n) is 11.6. The molecule has 0 fully saturated rings. The van der Waals surface area contributed by atoms with Gasteiger partial charge in [-0.2, -0.15) is 0 Å². The van der Waals surface area contributed by atoms with Crippen LogP contribution in [0.1, 0.15) is 0 Å². The fourth-order valence-corrected chi connectivity index (χ4v) is 3.14. The Morgan fingerprint density at radius 1 is 0.857 bits per heavy atom. The van der Waals surface area contributed by atoms with E-state index < -0.39 is 9.84 Å². The second-order valence-corrected chi connectivity index (χ2v) is 7.06. The summed E-state index contributed by atoms with van der Waals surface area (Å²) in [6.07, 6.45) is 1.22. The standard InChI is InChI=1S/C17H15NO2S/c1-21(19,20)13-6-4-5-12(11-13)14-9-10-17(18)16-8-3-2-7-15(14)16/h2-11H,18H2,1H3. The average molecular weight is 297 g/mol. The fraction of sp³-hybridized carbons (Fsp3) is 0.0588. The minimum Gasteiger partial charge on any atom is -0.398 e. The van der Waals surface area contributed by atoms with Crippen LogP contribution in [0.5, 0.6) is 0 Å². The molecular weight excluding hydrogens is 282 g/mol. The molecule has 0 saturated heterocycles. The van der Waals surface area contributed by atoms with Crippen LogP contribution in [-0.4, -0.2) is 14.7 Å². The highest BCUT2D eigenvalue weighted by molar-refractivity contribution is 7.90. The molecule has 106 valence electrons. The van der Waals surface area contributed by atoms with E-state index in [1.165, 1.54) is 6.26 Å². The second kappa shape index (κ2) is 4.90. The lowest BCUT2D eigenvalue weighted by Crippen LogP contribution is -1.97. The van der Waals surface area contributed by atoms with Crippen molar-refractivity contribution in [2.24, 2.45) is 0 Å². The largest absolute Gasteiger partial charge is 0.398 e. The number of nitrogen functional groups attached to an aromatic ring is 1. The van der Waals surface area contributed by atoms with Crippen molar-refractivity contribution in [3.05, 3.63) is 60.7 Å². The van der Waals surface area contributed by atoms with Gasteiger partial charge >= 0.3 is 0 Å². The Morgan fingerprint density at radius 2 is 1.57 bits per heavy atom. The van der Waals surface area contributed by atoms with Gasteiger partial charge in [-0.1, -0.05) is 42.5 Å². The lowest BCUT2D eigenvalue weighted by molar-refractivity contribution is 0.602. The van der Waals surface area contributed by atoms with E-state index in [2.05, 4.69) is 0 Å². The Morgan fingerprint density at radius 3 is 2.29 bits per heavy atom. The SMILES string of the molecule is CS(=O)(=O)c1cccc(-c2ccc(N)c3ccccc23)c1. The van der Waals surface area contributed by atoms with Gasteiger partial charge in [0, 0.05) is 17.3 Å². The van der Waals surface area contributed by atoms with Gasteiger partial charge in [-0.15, -0.1) is 0 Å². The van der Waals surface area contributed by atoms with Gasteiger partial charge in [-0.05, 0) is 34.7 Å². The van der Waals surface area contributed by atoms with E-state index in [0.717, 1.165) is 21.9 Å². The third-order valence-corrected chi connectivity index (χ3v) is 4.64. The van der Waals surface area contributed by atoms with Crippen molar-refractivity contribution in [2.45, 2.75) is 4.90 Å². The number of nitrogens with two attached hydrogens (primary N) is 1. The molecule has 0 amide bonds. The number of benzene rings is 3. The van der Waals surface area contributed by atoms with Gasteiger partial charge in [0.15, 0.2) is 9.84 Å². The van der Waals surface area contributed by atoms with Crippen molar-refractivity contribution >= 4 is 26.3 Å². The summed E-state index contributed by atoms with van der Waals surface area (Å²) in [5.74, 6) is 0. The van der Waals surface area contributed by atoms with Crippen molar-refractivity contribution in [2.75, 3.05) is 12.0 Å². The zero-order chi connectivity index (χ0) is 15.0. The second-order valence-electron chi connectivity index (χ2n) is 5.05. The Kier molecular flexibility index (Phi) is 3.18. The Bertz CT molecular complexity index is 930. The van der Waals surface area contributed by atoms with Crippen molar-refractivity contribution in [1.29, 1.82) is 0 Å². The molecule has 0 unspecified atom stereocenters. The number of rotatable bonds is 2. The molecule has 0 aliphatic rings. The van der Waals surface area contributed by atoms with Crippen molar-refractivity contribution < 1.29 is 8.42 Å². The number of hydrogen-bond acceptors (Lipinski definition) is 3. The van der Waals surface area contributed by atoms with Crippen molar-refractivity contribution in [3.63, 3.8) is 0 Å². The molecule has 3 aromatic carbocycles. The van der Waals surface area contributed by atoms with E-state index >= 15 is 0 Å². The van der Waals surface area contributed by atoms with E-state index in [-0.39, 0.29) is 0 Å². The monoisotopic (exact) mass is 297 g/mol. The molecule has 4 heteroatoms. The van der Waals surface area contributed by atoms with Gasteiger partial charge in [-0.25, -0.2) is 8.42 Å². The Labute approximate surface area is 124 Å². The number of fused-ring (bicyclic) bond motifs is 1. The first kappa shape index (κ1) is 13.6. The minimum atomic E-state index is -3.22. The molecule has 0 atom stereocenters. The minimum absolute atomic E-state index is 0.320. The van der Waals surface area contributed by atoms with Crippen LogP contribution in [0.4, 0.5) is 5.69 Å². The van der Waals surface area contributed by atoms with Crippen LogP contribution in [0.2, 0.25) is 0 Å². The van der Waals surface area contributed by atoms with Crippen LogP contribution < -0.4 is 5.73 Å². The molecule has 2 N–H and O–H groups in total. The predicted octanol–water partition coefficient (Wildman–Crippen LogP) is 3.49. The van der Waals surface area contributed by atoms with Crippen LogP contribution in [-0.2, 0) is 9.84 Å². The maximum Gasteiger partial charge on any atom is 0.175 e. The molecular formula is C17H15NO2S. The molecule has 0 bridgehead atoms. The fourth-order valence-electron chi connectivity index (χ4n) is 2.47. The van der Waals surface area contributed by atoms with E-state index in [4.69, 9.17) is 5.73 Å². The van der Waals surface area contributed by atoms with Crippen molar-refractivity contribution in [1.82, 2.24) is 0 Å². The van der Waals surface area contributed by atoms with Crippen LogP contribution >= 0.6 is 0 Å². The molecule has 3 rings (SSSR count). The number of anilines is 1. The summed E-state index contributed by atoms with van der Waals surface area (Å²) in [6, 6.07) is 18.6. The molecule has 0 aromatic heterocycles. The molecule has 0 heterocycles. The summed E-state index contributed by atoms with van der Waals surface area (Å²) in [5.41, 5.74) is 8.57. The smallest absolute Gasteiger partial charge is 0.175 e. The molecule has 0 aliphatic carbocycles. The number of hydrogen-bond donors (Lipinski definition) is 1. The summed E-state index contributed by atoms with van der Waals surface area (Å²) in [5, 5.41) is 1.99. The van der Waals surface area contributed by atoms with Crippen LogP contribution in [0.25, 0.3) is 21.9 Å². The van der Waals surface area contributed by atoms with E-state index in [1.54, 1.807) is 18.2 Å². The zero-order valence-corrected chi connectivity index (χ0v) is 12.4. The molecule has 3 nitrogen and oxygen atoms in total. The molecule has 3 aromatic rings. The van der Waals surface area contributed by atoms with Gasteiger partial charge in [0.1, 0.15) is 0 Å². The van der Waals surface area contributed by atoms with E-state index in [1.807, 2.05) is 42.5 Å². The summed E-state index contributed by atoms with van der Waals surface area (Å²) in [6.45, 7) is 0. The topological polar surface area (TPSA) is 60.2 Å². The number of sulfone groups is 1. The molecule has 0 radical (unpaired) electrons. The maximum atomic E-state index is 11.7. The van der Waals surface area contributed by atoms with Gasteiger partial charge in [0.25, 0.3) is 0 Å². The normalized spacial score (nSPS) is 11.7. The average Bonchev–Trinajstić information content (AvgIpc) is 2.47. The first-order valence-electron chi connectivity index (χ1n) is 6.54. The van der Waals surface area contributed by atoms with Gasteiger partial charge < -0.3 is 5.73 Å². The molecule has 0 saturated carbocycles. The summed E-state index contributed by atoms with van der Waals surface area (Å²) < 4.78 is 23.4. The van der Waals surface area contributed by atoms with E-state index in [9.17, 15) is 8.42 Å². The third kappa shape index (κ3) is 2.50. The molecule has 0 aliphatic heterocycles. The molecule has 0 spiro atoms.